The fraction of sp³-hybridized carbons (Fsp3) is 0.267. The molecule has 0 aliphatic heterocycles. The molecule has 0 spiro atoms. The number of fused-ring (bicyclic) bond motifs is 1. The van der Waals surface area contributed by atoms with E-state index in [1.54, 1.807) is 18.2 Å². The van der Waals surface area contributed by atoms with Gasteiger partial charge in [-0.15, -0.1) is 0 Å². The summed E-state index contributed by atoms with van der Waals surface area (Å²) in [5, 5.41) is 4.20. The Morgan fingerprint density at radius 3 is 2.42 bits per heavy atom. The van der Waals surface area contributed by atoms with Crippen LogP contribution in [0.5, 0.6) is 5.75 Å². The summed E-state index contributed by atoms with van der Waals surface area (Å²) in [7, 11) is -4.18. The zero-order valence-corrected chi connectivity index (χ0v) is 25.6. The van der Waals surface area contributed by atoms with Crippen molar-refractivity contribution in [2.45, 2.75) is 33.1 Å². The highest BCUT2D eigenvalue weighted by Crippen LogP contribution is 2.28. The van der Waals surface area contributed by atoms with Crippen molar-refractivity contribution >= 4 is 55.9 Å². The zero-order chi connectivity index (χ0) is 31.3. The van der Waals surface area contributed by atoms with Gasteiger partial charge in [-0.2, -0.15) is 0 Å². The average Bonchev–Trinajstić information content (AvgIpc) is 3.31. The molecule has 0 saturated heterocycles. The van der Waals surface area contributed by atoms with Crippen LogP contribution in [0.1, 0.15) is 55.9 Å². The van der Waals surface area contributed by atoms with E-state index in [4.69, 9.17) is 27.9 Å². The van der Waals surface area contributed by atoms with E-state index in [0.717, 1.165) is 17.2 Å². The van der Waals surface area contributed by atoms with Gasteiger partial charge in [-0.05, 0) is 79.8 Å². The predicted octanol–water partition coefficient (Wildman–Crippen LogP) is 6.53. The summed E-state index contributed by atoms with van der Waals surface area (Å²) in [4.78, 5) is 28.4. The first kappa shape index (κ1) is 32.2. The van der Waals surface area contributed by atoms with E-state index in [1.807, 2.05) is 30.7 Å². The molecule has 4 aromatic rings. The van der Waals surface area contributed by atoms with Crippen molar-refractivity contribution in [1.29, 1.82) is 0 Å². The molecular formula is C30H29Cl2F2N3O5S. The first-order valence-corrected chi connectivity index (χ1v) is 15.7. The maximum Gasteiger partial charge on any atom is 0.281 e. The van der Waals surface area contributed by atoms with Gasteiger partial charge in [0.2, 0.25) is 10.0 Å². The Bertz CT molecular complexity index is 1750. The largest absolute Gasteiger partial charge is 0.494 e. The Labute approximate surface area is 257 Å². The average molecular weight is 653 g/mol. The number of hydrogen-bond acceptors (Lipinski definition) is 5. The number of aromatic nitrogens is 1. The van der Waals surface area contributed by atoms with Crippen molar-refractivity contribution in [2.75, 3.05) is 18.9 Å². The lowest BCUT2D eigenvalue weighted by Crippen LogP contribution is -2.37. The predicted molar refractivity (Wildman–Crippen MR) is 163 cm³/mol. The smallest absolute Gasteiger partial charge is 0.281 e. The number of carbonyl (C=O) groups excluding carboxylic acids is 2. The summed E-state index contributed by atoms with van der Waals surface area (Å²) in [6, 6.07) is 13.6. The molecule has 0 radical (unpaired) electrons. The maximum absolute atomic E-state index is 13.2. The van der Waals surface area contributed by atoms with Gasteiger partial charge in [0.05, 0.1) is 12.4 Å². The Morgan fingerprint density at radius 1 is 1.00 bits per heavy atom. The van der Waals surface area contributed by atoms with Crippen LogP contribution in [0.2, 0.25) is 10.0 Å². The molecule has 0 aliphatic rings. The quantitative estimate of drug-likeness (QED) is 0.151. The van der Waals surface area contributed by atoms with Gasteiger partial charge in [-0.1, -0.05) is 41.4 Å². The number of sulfonamides is 1. The Kier molecular flexibility index (Phi) is 10.3. The molecule has 8 nitrogen and oxygen atoms in total. The van der Waals surface area contributed by atoms with E-state index in [9.17, 15) is 26.8 Å². The first-order chi connectivity index (χ1) is 20.3. The summed E-state index contributed by atoms with van der Waals surface area (Å²) in [5.41, 5.74) is 2.64. The molecule has 3 N–H and O–H groups in total. The van der Waals surface area contributed by atoms with Crippen molar-refractivity contribution in [1.82, 2.24) is 15.0 Å². The summed E-state index contributed by atoms with van der Waals surface area (Å²) in [5.74, 6) is -1.54. The van der Waals surface area contributed by atoms with E-state index < -0.39 is 34.0 Å². The van der Waals surface area contributed by atoms with E-state index in [2.05, 4.69) is 10.3 Å². The van der Waals surface area contributed by atoms with E-state index in [-0.39, 0.29) is 23.4 Å². The van der Waals surface area contributed by atoms with E-state index in [0.29, 0.717) is 51.7 Å². The van der Waals surface area contributed by atoms with Crippen molar-refractivity contribution in [3.63, 3.8) is 0 Å². The molecule has 0 fully saturated rings. The van der Waals surface area contributed by atoms with Gasteiger partial charge in [-0.3, -0.25) is 9.59 Å². The number of amides is 2. The van der Waals surface area contributed by atoms with Gasteiger partial charge in [0.1, 0.15) is 11.4 Å². The molecular weight excluding hydrogens is 623 g/mol. The van der Waals surface area contributed by atoms with Crippen LogP contribution in [0.25, 0.3) is 10.9 Å². The number of alkyl halides is 2. The fourth-order valence-electron chi connectivity index (χ4n) is 4.57. The molecule has 2 amide bonds. The number of aryl methyl sites for hydroxylation is 3. The summed E-state index contributed by atoms with van der Waals surface area (Å²) in [6.45, 7) is 3.76. The SMILES string of the molecule is Cc1cc(OCCCc2c(C(=O)NS(=O)(=O)CCNC(=O)c3cccc(C(F)F)c3)[nH]c3cc(Cl)ccc23)cc(C)c1Cl. The maximum atomic E-state index is 13.2. The highest BCUT2D eigenvalue weighted by atomic mass is 35.5. The van der Waals surface area contributed by atoms with Gasteiger partial charge in [0.15, 0.2) is 0 Å². The van der Waals surface area contributed by atoms with Crippen LogP contribution in [-0.4, -0.2) is 44.1 Å². The summed E-state index contributed by atoms with van der Waals surface area (Å²) in [6.07, 6.45) is -1.84. The molecule has 4 rings (SSSR count). The Hall–Kier alpha value is -3.67. The summed E-state index contributed by atoms with van der Waals surface area (Å²) < 4.78 is 59.2. The molecule has 1 aromatic heterocycles. The molecule has 0 unspecified atom stereocenters. The number of halogens is 4. The molecule has 3 aromatic carbocycles. The van der Waals surface area contributed by atoms with Crippen LogP contribution >= 0.6 is 23.2 Å². The van der Waals surface area contributed by atoms with Crippen molar-refractivity contribution in [2.24, 2.45) is 0 Å². The summed E-state index contributed by atoms with van der Waals surface area (Å²) >= 11 is 12.4. The number of aromatic amines is 1. The number of nitrogens with one attached hydrogen (secondary N) is 3. The Balaban J connectivity index is 1.40. The number of rotatable bonds is 12. The van der Waals surface area contributed by atoms with Crippen LogP contribution in [0, 0.1) is 13.8 Å². The molecule has 228 valence electrons. The number of benzene rings is 3. The van der Waals surface area contributed by atoms with Crippen LogP contribution in [0.3, 0.4) is 0 Å². The van der Waals surface area contributed by atoms with E-state index >= 15 is 0 Å². The molecule has 0 bridgehead atoms. The Morgan fingerprint density at radius 2 is 1.72 bits per heavy atom. The first-order valence-electron chi connectivity index (χ1n) is 13.3. The topological polar surface area (TPSA) is 117 Å². The highest BCUT2D eigenvalue weighted by molar-refractivity contribution is 7.90. The molecule has 43 heavy (non-hydrogen) atoms. The third-order valence-corrected chi connectivity index (χ3v) is 8.72. The van der Waals surface area contributed by atoms with Crippen LogP contribution in [-0.2, 0) is 16.4 Å². The zero-order valence-electron chi connectivity index (χ0n) is 23.3. The van der Waals surface area contributed by atoms with Gasteiger partial charge in [-0.25, -0.2) is 21.9 Å². The number of H-pyrrole nitrogens is 1. The van der Waals surface area contributed by atoms with Crippen LogP contribution in [0.4, 0.5) is 8.78 Å². The normalized spacial score (nSPS) is 11.6. The second kappa shape index (κ2) is 13.7. The lowest BCUT2D eigenvalue weighted by atomic mass is 10.1. The van der Waals surface area contributed by atoms with Gasteiger partial charge in [0, 0.05) is 38.6 Å². The van der Waals surface area contributed by atoms with Gasteiger partial charge >= 0.3 is 0 Å². The van der Waals surface area contributed by atoms with E-state index in [1.165, 1.54) is 18.2 Å². The second-order valence-corrected chi connectivity index (χ2v) is 12.6. The second-order valence-electron chi connectivity index (χ2n) is 9.92. The fourth-order valence-corrected chi connectivity index (χ4v) is 5.71. The monoisotopic (exact) mass is 651 g/mol. The minimum Gasteiger partial charge on any atom is -0.494 e. The van der Waals surface area contributed by atoms with Crippen molar-refractivity contribution < 1.29 is 31.5 Å². The van der Waals surface area contributed by atoms with Crippen LogP contribution in [0.15, 0.2) is 54.6 Å². The number of hydrogen-bond donors (Lipinski definition) is 3. The molecule has 1 heterocycles. The molecule has 0 aliphatic carbocycles. The highest BCUT2D eigenvalue weighted by Gasteiger charge is 2.23. The van der Waals surface area contributed by atoms with Crippen molar-refractivity contribution in [3.05, 3.63) is 98.2 Å². The van der Waals surface area contributed by atoms with Gasteiger partial charge in [0.25, 0.3) is 18.2 Å². The molecule has 0 saturated carbocycles. The molecule has 13 heteroatoms. The minimum atomic E-state index is -4.18. The lowest BCUT2D eigenvalue weighted by Gasteiger charge is -2.11. The van der Waals surface area contributed by atoms with Crippen molar-refractivity contribution in [3.8, 4) is 5.75 Å². The number of ether oxygens (including phenoxy) is 1. The third kappa shape index (κ3) is 8.25. The minimum absolute atomic E-state index is 0.0362. The standard InChI is InChI=1S/C30H29Cl2F2N3O5S/c1-17-13-22(14-18(2)26(17)32)42-11-4-7-24-23-9-8-21(31)16-25(23)36-27(24)30(39)37-43(40,41)12-10-35-29(38)20-6-3-5-19(15-20)28(33)34/h3,5-6,8-9,13-16,28,36H,4,7,10-12H2,1-2H3,(H,35,38)(H,37,39). The lowest BCUT2D eigenvalue weighted by molar-refractivity contribution is 0.0954. The number of carbonyl (C=O) groups is 2. The third-order valence-electron chi connectivity index (χ3n) is 6.65. The van der Waals surface area contributed by atoms with Gasteiger partial charge < -0.3 is 15.0 Å². The molecule has 0 atom stereocenters. The van der Waals surface area contributed by atoms with Crippen LogP contribution < -0.4 is 14.8 Å².